The number of aromatic nitrogens is 5. The topological polar surface area (TPSA) is 89.9 Å². The zero-order valence-electron chi connectivity index (χ0n) is 17.3. The number of hydrogen-bond donors (Lipinski definition) is 0. The summed E-state index contributed by atoms with van der Waals surface area (Å²) in [5.74, 6) is 1.35. The van der Waals surface area contributed by atoms with Gasteiger partial charge in [0.25, 0.3) is 11.8 Å². The number of hydrogen-bond acceptors (Lipinski definition) is 6. The summed E-state index contributed by atoms with van der Waals surface area (Å²) in [4.78, 5) is 19.2. The predicted molar refractivity (Wildman–Crippen MR) is 107 cm³/mol. The Balaban J connectivity index is 1.41. The van der Waals surface area contributed by atoms with Gasteiger partial charge in [0, 0.05) is 24.6 Å². The molecule has 1 aromatic carbocycles. The molecular weight excluding hydrogens is 368 g/mol. The van der Waals surface area contributed by atoms with Gasteiger partial charge in [-0.3, -0.25) is 4.79 Å². The van der Waals surface area contributed by atoms with Crippen LogP contribution in [0.25, 0.3) is 11.6 Å². The summed E-state index contributed by atoms with van der Waals surface area (Å²) >= 11 is 0. The van der Waals surface area contributed by atoms with Crippen molar-refractivity contribution in [2.45, 2.75) is 52.5 Å². The van der Waals surface area contributed by atoms with Gasteiger partial charge in [-0.25, -0.2) is 4.68 Å². The van der Waals surface area contributed by atoms with E-state index in [1.54, 1.807) is 0 Å². The van der Waals surface area contributed by atoms with Crippen LogP contribution in [0.1, 0.15) is 66.0 Å². The van der Waals surface area contributed by atoms with Crippen LogP contribution in [-0.2, 0) is 0 Å². The van der Waals surface area contributed by atoms with Crippen molar-refractivity contribution in [3.63, 3.8) is 0 Å². The Morgan fingerprint density at radius 2 is 1.83 bits per heavy atom. The van der Waals surface area contributed by atoms with E-state index in [2.05, 4.69) is 26.5 Å². The predicted octanol–water partition coefficient (Wildman–Crippen LogP) is 3.55. The first-order chi connectivity index (χ1) is 13.9. The van der Waals surface area contributed by atoms with Gasteiger partial charge in [-0.15, -0.1) is 5.10 Å². The first-order valence-electron chi connectivity index (χ1n) is 10.0. The molecule has 1 amide bonds. The van der Waals surface area contributed by atoms with Crippen LogP contribution >= 0.6 is 0 Å². The lowest BCUT2D eigenvalue weighted by Gasteiger charge is -2.32. The van der Waals surface area contributed by atoms with Gasteiger partial charge in [-0.2, -0.15) is 4.98 Å². The molecule has 0 radical (unpaired) electrons. The van der Waals surface area contributed by atoms with Crippen molar-refractivity contribution in [1.82, 2.24) is 30.0 Å². The Morgan fingerprint density at radius 3 is 2.45 bits per heavy atom. The largest absolute Gasteiger partial charge is 0.338 e. The second kappa shape index (κ2) is 7.77. The summed E-state index contributed by atoms with van der Waals surface area (Å²) in [5, 5.41) is 12.4. The highest BCUT2D eigenvalue weighted by molar-refractivity contribution is 5.94. The lowest BCUT2D eigenvalue weighted by atomic mass is 10.0. The maximum absolute atomic E-state index is 12.9. The van der Waals surface area contributed by atoms with Crippen LogP contribution in [0.5, 0.6) is 0 Å². The van der Waals surface area contributed by atoms with Gasteiger partial charge >= 0.3 is 0 Å². The van der Waals surface area contributed by atoms with Crippen molar-refractivity contribution in [3.05, 3.63) is 46.9 Å². The third-order valence-corrected chi connectivity index (χ3v) is 5.28. The normalized spacial score (nSPS) is 15.3. The van der Waals surface area contributed by atoms with Gasteiger partial charge in [-0.1, -0.05) is 41.4 Å². The lowest BCUT2D eigenvalue weighted by Crippen LogP contribution is -2.39. The fraction of sp³-hybridized carbons (Fsp3) is 0.476. The SMILES string of the molecule is Cc1cc(C)cc(C(=O)N2CCC(n3cc(-c4nc(C(C)C)no4)nn3)CC2)c1. The summed E-state index contributed by atoms with van der Waals surface area (Å²) in [5.41, 5.74) is 3.57. The van der Waals surface area contributed by atoms with E-state index in [0.29, 0.717) is 30.5 Å². The number of benzene rings is 1. The minimum absolute atomic E-state index is 0.0987. The van der Waals surface area contributed by atoms with Crippen molar-refractivity contribution in [3.8, 4) is 11.6 Å². The molecular formula is C21H26N6O2. The van der Waals surface area contributed by atoms with Crippen LogP contribution in [0.15, 0.2) is 28.9 Å². The smallest absolute Gasteiger partial charge is 0.280 e. The van der Waals surface area contributed by atoms with E-state index in [-0.39, 0.29) is 17.9 Å². The number of carbonyl (C=O) groups is 1. The molecule has 0 unspecified atom stereocenters. The van der Waals surface area contributed by atoms with E-state index >= 15 is 0 Å². The zero-order chi connectivity index (χ0) is 20.5. The first-order valence-corrected chi connectivity index (χ1v) is 10.0. The number of carbonyl (C=O) groups excluding carboxylic acids is 1. The van der Waals surface area contributed by atoms with E-state index in [1.807, 2.05) is 55.6 Å². The van der Waals surface area contributed by atoms with Crippen molar-refractivity contribution < 1.29 is 9.32 Å². The fourth-order valence-electron chi connectivity index (χ4n) is 3.74. The Bertz CT molecular complexity index is 994. The Kier molecular flexibility index (Phi) is 5.17. The maximum Gasteiger partial charge on any atom is 0.280 e. The van der Waals surface area contributed by atoms with E-state index in [0.717, 1.165) is 29.5 Å². The summed E-state index contributed by atoms with van der Waals surface area (Å²) in [7, 11) is 0. The molecule has 3 aromatic rings. The Morgan fingerprint density at radius 1 is 1.14 bits per heavy atom. The highest BCUT2D eigenvalue weighted by atomic mass is 16.5. The molecule has 152 valence electrons. The average molecular weight is 394 g/mol. The second-order valence-corrected chi connectivity index (χ2v) is 8.10. The van der Waals surface area contributed by atoms with Gasteiger partial charge < -0.3 is 9.42 Å². The van der Waals surface area contributed by atoms with Crippen LogP contribution in [0, 0.1) is 13.8 Å². The summed E-state index contributed by atoms with van der Waals surface area (Å²) in [6, 6.07) is 6.20. The van der Waals surface area contributed by atoms with Crippen molar-refractivity contribution >= 4 is 5.91 Å². The minimum atomic E-state index is 0.0987. The molecule has 0 spiro atoms. The third-order valence-electron chi connectivity index (χ3n) is 5.28. The molecule has 0 bridgehead atoms. The third kappa shape index (κ3) is 4.06. The van der Waals surface area contributed by atoms with Gasteiger partial charge in [0.15, 0.2) is 11.5 Å². The number of amides is 1. The molecule has 1 aliphatic rings. The first kappa shape index (κ1) is 19.3. The number of likely N-dealkylation sites (tertiary alicyclic amines) is 1. The molecule has 1 aliphatic heterocycles. The van der Waals surface area contributed by atoms with Gasteiger partial charge in [-0.05, 0) is 38.8 Å². The Labute approximate surface area is 169 Å². The molecule has 8 nitrogen and oxygen atoms in total. The summed E-state index contributed by atoms with van der Waals surface area (Å²) in [6.45, 7) is 9.46. The molecule has 1 saturated heterocycles. The molecule has 0 atom stereocenters. The van der Waals surface area contributed by atoms with E-state index in [1.165, 1.54) is 0 Å². The zero-order valence-corrected chi connectivity index (χ0v) is 17.3. The minimum Gasteiger partial charge on any atom is -0.338 e. The van der Waals surface area contributed by atoms with E-state index in [9.17, 15) is 4.79 Å². The van der Waals surface area contributed by atoms with Crippen LogP contribution in [0.3, 0.4) is 0 Å². The molecule has 8 heteroatoms. The van der Waals surface area contributed by atoms with Gasteiger partial charge in [0.05, 0.1) is 12.2 Å². The molecule has 3 heterocycles. The van der Waals surface area contributed by atoms with Crippen LogP contribution < -0.4 is 0 Å². The van der Waals surface area contributed by atoms with E-state index in [4.69, 9.17) is 4.52 Å². The van der Waals surface area contributed by atoms with E-state index < -0.39 is 0 Å². The number of nitrogens with zero attached hydrogens (tertiary/aromatic N) is 6. The van der Waals surface area contributed by atoms with Crippen molar-refractivity contribution in [1.29, 1.82) is 0 Å². The van der Waals surface area contributed by atoms with Crippen molar-refractivity contribution in [2.24, 2.45) is 0 Å². The van der Waals surface area contributed by atoms with Crippen molar-refractivity contribution in [2.75, 3.05) is 13.1 Å². The lowest BCUT2D eigenvalue weighted by molar-refractivity contribution is 0.0689. The fourth-order valence-corrected chi connectivity index (χ4v) is 3.74. The highest BCUT2D eigenvalue weighted by Crippen LogP contribution is 2.25. The monoisotopic (exact) mass is 394 g/mol. The molecule has 0 N–H and O–H groups in total. The number of rotatable bonds is 4. The Hall–Kier alpha value is -3.03. The van der Waals surface area contributed by atoms with Crippen LogP contribution in [0.4, 0.5) is 0 Å². The quantitative estimate of drug-likeness (QED) is 0.672. The van der Waals surface area contributed by atoms with Gasteiger partial charge in [0.2, 0.25) is 0 Å². The maximum atomic E-state index is 12.9. The molecule has 0 saturated carbocycles. The van der Waals surface area contributed by atoms with Crippen LogP contribution in [-0.4, -0.2) is 49.0 Å². The number of piperidine rings is 1. The number of aryl methyl sites for hydroxylation is 2. The van der Waals surface area contributed by atoms with Crippen LogP contribution in [0.2, 0.25) is 0 Å². The molecule has 2 aromatic heterocycles. The molecule has 0 aliphatic carbocycles. The molecule has 4 rings (SSSR count). The standard InChI is InChI=1S/C21H26N6O2/c1-13(2)19-22-20(29-24-19)18-12-27(25-23-18)17-5-7-26(8-6-17)21(28)16-10-14(3)9-15(4)11-16/h9-13,17H,5-8H2,1-4H3. The van der Waals surface area contributed by atoms with Gasteiger partial charge in [0.1, 0.15) is 0 Å². The average Bonchev–Trinajstić information content (AvgIpc) is 3.36. The molecule has 29 heavy (non-hydrogen) atoms. The highest BCUT2D eigenvalue weighted by Gasteiger charge is 2.26. The second-order valence-electron chi connectivity index (χ2n) is 8.10. The summed E-state index contributed by atoms with van der Waals surface area (Å²) in [6.07, 6.45) is 3.52. The summed E-state index contributed by atoms with van der Waals surface area (Å²) < 4.78 is 7.15. The molecule has 1 fully saturated rings.